The predicted molar refractivity (Wildman–Crippen MR) is 75.7 cm³/mol. The second-order valence-electron chi connectivity index (χ2n) is 5.47. The van der Waals surface area contributed by atoms with Crippen molar-refractivity contribution in [2.75, 3.05) is 13.7 Å². The van der Waals surface area contributed by atoms with Crippen LogP contribution in [0.3, 0.4) is 0 Å². The highest BCUT2D eigenvalue weighted by atomic mass is 35.5. The summed E-state index contributed by atoms with van der Waals surface area (Å²) in [6.07, 6.45) is 4.23. The van der Waals surface area contributed by atoms with Gasteiger partial charge in [-0.25, -0.2) is 4.39 Å². The lowest BCUT2D eigenvalue weighted by Crippen LogP contribution is -2.35. The molecule has 0 unspecified atom stereocenters. The minimum atomic E-state index is -0.233. The molecule has 0 bridgehead atoms. The van der Waals surface area contributed by atoms with Crippen LogP contribution in [0.2, 0.25) is 5.02 Å². The number of halogens is 2. The van der Waals surface area contributed by atoms with E-state index in [4.69, 9.17) is 16.7 Å². The van der Waals surface area contributed by atoms with Gasteiger partial charge < -0.3 is 5.11 Å². The molecule has 0 aliphatic heterocycles. The van der Waals surface area contributed by atoms with Crippen LogP contribution >= 0.6 is 11.6 Å². The molecule has 0 saturated heterocycles. The van der Waals surface area contributed by atoms with Crippen LogP contribution in [0.1, 0.15) is 31.2 Å². The maximum atomic E-state index is 13.8. The third-order valence-electron chi connectivity index (χ3n) is 4.17. The average molecular weight is 286 g/mol. The first-order chi connectivity index (χ1) is 9.11. The van der Waals surface area contributed by atoms with Gasteiger partial charge in [0.15, 0.2) is 0 Å². The summed E-state index contributed by atoms with van der Waals surface area (Å²) in [5.74, 6) is 0.213. The fourth-order valence-electron chi connectivity index (χ4n) is 2.83. The Morgan fingerprint density at radius 2 is 2.00 bits per heavy atom. The van der Waals surface area contributed by atoms with Gasteiger partial charge in [-0.1, -0.05) is 17.7 Å². The molecule has 1 aliphatic rings. The van der Waals surface area contributed by atoms with Crippen molar-refractivity contribution in [1.29, 1.82) is 0 Å². The van der Waals surface area contributed by atoms with E-state index in [2.05, 4.69) is 4.90 Å². The normalized spacial score (nSPS) is 23.8. The van der Waals surface area contributed by atoms with E-state index in [-0.39, 0.29) is 12.4 Å². The van der Waals surface area contributed by atoms with E-state index in [1.54, 1.807) is 12.1 Å². The van der Waals surface area contributed by atoms with Crippen LogP contribution in [0.25, 0.3) is 0 Å². The molecule has 0 aromatic heterocycles. The summed E-state index contributed by atoms with van der Waals surface area (Å²) in [6.45, 7) is 0.829. The third-order valence-corrected chi connectivity index (χ3v) is 4.52. The maximum Gasteiger partial charge on any atom is 0.129 e. The minimum Gasteiger partial charge on any atom is -0.396 e. The van der Waals surface area contributed by atoms with E-state index >= 15 is 0 Å². The highest BCUT2D eigenvalue weighted by molar-refractivity contribution is 6.31. The summed E-state index contributed by atoms with van der Waals surface area (Å²) in [7, 11) is 2.02. The van der Waals surface area contributed by atoms with Gasteiger partial charge in [0.25, 0.3) is 0 Å². The number of rotatable bonds is 4. The molecule has 2 rings (SSSR count). The number of aliphatic hydroxyl groups excluding tert-OH is 1. The van der Waals surface area contributed by atoms with Gasteiger partial charge in [0.1, 0.15) is 5.82 Å². The van der Waals surface area contributed by atoms with E-state index in [9.17, 15) is 4.39 Å². The number of aliphatic hydroxyl groups is 1. The fraction of sp³-hybridized carbons (Fsp3) is 0.600. The zero-order chi connectivity index (χ0) is 13.8. The van der Waals surface area contributed by atoms with Gasteiger partial charge in [-0.3, -0.25) is 4.90 Å². The molecule has 0 atom stereocenters. The van der Waals surface area contributed by atoms with Crippen molar-refractivity contribution in [1.82, 2.24) is 4.90 Å². The summed E-state index contributed by atoms with van der Waals surface area (Å²) in [6, 6.07) is 5.28. The Morgan fingerprint density at radius 3 is 2.58 bits per heavy atom. The van der Waals surface area contributed by atoms with Gasteiger partial charge in [0.2, 0.25) is 0 Å². The summed E-state index contributed by atoms with van der Waals surface area (Å²) in [5.41, 5.74) is 0.580. The first kappa shape index (κ1) is 14.8. The van der Waals surface area contributed by atoms with Crippen molar-refractivity contribution in [2.45, 2.75) is 38.3 Å². The number of hydrogen-bond donors (Lipinski definition) is 1. The molecule has 0 spiro atoms. The molecule has 0 radical (unpaired) electrons. The lowest BCUT2D eigenvalue weighted by atomic mass is 9.86. The van der Waals surface area contributed by atoms with E-state index in [0.717, 1.165) is 25.7 Å². The van der Waals surface area contributed by atoms with Gasteiger partial charge in [0, 0.05) is 29.8 Å². The van der Waals surface area contributed by atoms with Crippen molar-refractivity contribution < 1.29 is 9.50 Å². The van der Waals surface area contributed by atoms with Crippen LogP contribution in [0.5, 0.6) is 0 Å². The van der Waals surface area contributed by atoms with Gasteiger partial charge in [-0.2, -0.15) is 0 Å². The first-order valence-corrected chi connectivity index (χ1v) is 7.23. The Balaban J connectivity index is 1.96. The monoisotopic (exact) mass is 285 g/mol. The van der Waals surface area contributed by atoms with Crippen molar-refractivity contribution in [3.8, 4) is 0 Å². The average Bonchev–Trinajstić information content (AvgIpc) is 2.43. The Bertz CT molecular complexity index is 398. The number of nitrogens with zero attached hydrogens (tertiary/aromatic N) is 1. The standard InChI is InChI=1S/C15H21ClFNO/c1-18(12-7-5-11(10-19)6-8-12)9-13-14(16)3-2-4-15(13)17/h2-4,11-12,19H,5-10H2,1H3. The lowest BCUT2D eigenvalue weighted by molar-refractivity contribution is 0.123. The molecule has 1 aromatic carbocycles. The minimum absolute atomic E-state index is 0.233. The van der Waals surface area contributed by atoms with Gasteiger partial charge in [0.05, 0.1) is 0 Å². The summed E-state index contributed by atoms with van der Waals surface area (Å²) >= 11 is 6.06. The second-order valence-corrected chi connectivity index (χ2v) is 5.88. The Kier molecular flexibility index (Phi) is 5.20. The van der Waals surface area contributed by atoms with Crippen molar-refractivity contribution in [3.05, 3.63) is 34.6 Å². The molecule has 106 valence electrons. The summed E-state index contributed by atoms with van der Waals surface area (Å²) in [4.78, 5) is 2.18. The van der Waals surface area contributed by atoms with Crippen LogP contribution in [0.15, 0.2) is 18.2 Å². The van der Waals surface area contributed by atoms with E-state index in [1.165, 1.54) is 6.07 Å². The lowest BCUT2D eigenvalue weighted by Gasteiger charge is -2.34. The van der Waals surface area contributed by atoms with Crippen LogP contribution in [0, 0.1) is 11.7 Å². The quantitative estimate of drug-likeness (QED) is 0.916. The maximum absolute atomic E-state index is 13.8. The Hall–Kier alpha value is -0.640. The summed E-state index contributed by atoms with van der Waals surface area (Å²) in [5, 5.41) is 9.64. The summed E-state index contributed by atoms with van der Waals surface area (Å²) < 4.78 is 13.8. The first-order valence-electron chi connectivity index (χ1n) is 6.85. The van der Waals surface area contributed by atoms with Crippen molar-refractivity contribution in [2.24, 2.45) is 5.92 Å². The molecule has 0 amide bonds. The van der Waals surface area contributed by atoms with Crippen LogP contribution in [-0.2, 0) is 6.54 Å². The topological polar surface area (TPSA) is 23.5 Å². The molecule has 1 N–H and O–H groups in total. The van der Waals surface area contributed by atoms with Crippen LogP contribution < -0.4 is 0 Å². The Morgan fingerprint density at radius 1 is 1.32 bits per heavy atom. The molecule has 0 heterocycles. The fourth-order valence-corrected chi connectivity index (χ4v) is 3.05. The molecular formula is C15H21ClFNO. The molecule has 19 heavy (non-hydrogen) atoms. The second kappa shape index (κ2) is 6.69. The van der Waals surface area contributed by atoms with Gasteiger partial charge in [-0.15, -0.1) is 0 Å². The van der Waals surface area contributed by atoms with Crippen LogP contribution in [-0.4, -0.2) is 29.7 Å². The van der Waals surface area contributed by atoms with Crippen molar-refractivity contribution in [3.63, 3.8) is 0 Å². The smallest absolute Gasteiger partial charge is 0.129 e. The number of benzene rings is 1. The Labute approximate surface area is 119 Å². The van der Waals surface area contributed by atoms with Crippen LogP contribution in [0.4, 0.5) is 4.39 Å². The largest absolute Gasteiger partial charge is 0.396 e. The third kappa shape index (κ3) is 3.68. The molecule has 1 fully saturated rings. The SMILES string of the molecule is CN(Cc1c(F)cccc1Cl)C1CCC(CO)CC1. The predicted octanol–water partition coefficient (Wildman–Crippen LogP) is 3.46. The van der Waals surface area contributed by atoms with Gasteiger partial charge in [-0.05, 0) is 50.8 Å². The highest BCUT2D eigenvalue weighted by Crippen LogP contribution is 2.28. The van der Waals surface area contributed by atoms with E-state index in [1.807, 2.05) is 7.05 Å². The molecule has 1 saturated carbocycles. The zero-order valence-electron chi connectivity index (χ0n) is 11.3. The molecule has 4 heteroatoms. The van der Waals surface area contributed by atoms with Gasteiger partial charge >= 0.3 is 0 Å². The molecule has 1 aliphatic carbocycles. The molecular weight excluding hydrogens is 265 g/mol. The van der Waals surface area contributed by atoms with Crippen molar-refractivity contribution >= 4 is 11.6 Å². The number of hydrogen-bond acceptors (Lipinski definition) is 2. The van der Waals surface area contributed by atoms with E-state index < -0.39 is 0 Å². The zero-order valence-corrected chi connectivity index (χ0v) is 12.0. The van der Waals surface area contributed by atoms with E-state index in [0.29, 0.717) is 29.1 Å². The molecule has 1 aromatic rings. The molecule has 2 nitrogen and oxygen atoms in total. The highest BCUT2D eigenvalue weighted by Gasteiger charge is 2.24.